The van der Waals surface area contributed by atoms with E-state index in [-0.39, 0.29) is 17.0 Å². The molecule has 0 unspecified atom stereocenters. The fourth-order valence-corrected chi connectivity index (χ4v) is 2.64. The van der Waals surface area contributed by atoms with E-state index in [0.717, 1.165) is 16.8 Å². The predicted molar refractivity (Wildman–Crippen MR) is 85.5 cm³/mol. The number of nitrogens with zero attached hydrogens (tertiary/aromatic N) is 2. The number of rotatable bonds is 3. The van der Waals surface area contributed by atoms with Gasteiger partial charge in [-0.25, -0.2) is 4.39 Å². The maximum Gasteiger partial charge on any atom is 0.188 e. The Bertz CT molecular complexity index is 706. The Morgan fingerprint density at radius 1 is 1.17 bits per heavy atom. The molecule has 1 aliphatic heterocycles. The number of hydrogen-bond donors (Lipinski definition) is 0. The molecule has 4 nitrogen and oxygen atoms in total. The monoisotopic (exact) mass is 318 g/mol. The molecule has 1 aliphatic rings. The summed E-state index contributed by atoms with van der Waals surface area (Å²) in [5.74, 6) is -0.238. The smallest absolute Gasteiger partial charge is 0.188 e. The first-order valence-corrected chi connectivity index (χ1v) is 7.82. The molecular formula is C18H23FN2O2. The van der Waals surface area contributed by atoms with E-state index in [1.165, 1.54) is 12.1 Å². The zero-order valence-corrected chi connectivity index (χ0v) is 14.3. The van der Waals surface area contributed by atoms with Crippen LogP contribution >= 0.6 is 0 Å². The van der Waals surface area contributed by atoms with Crippen LogP contribution in [0.2, 0.25) is 0 Å². The Kier molecular flexibility index (Phi) is 3.81. The summed E-state index contributed by atoms with van der Waals surface area (Å²) in [6.07, 6.45) is 1.49. The topological polar surface area (TPSA) is 36.3 Å². The Hall–Kier alpha value is -1.72. The molecule has 0 radical (unpaired) electrons. The van der Waals surface area contributed by atoms with E-state index in [1.54, 1.807) is 10.7 Å². The van der Waals surface area contributed by atoms with E-state index in [2.05, 4.69) is 5.10 Å². The molecule has 1 fully saturated rings. The standard InChI is InChI=1S/C18H23FN2O2/c1-12-15(16-22-17(2,3)18(4,5)23-16)11-21(20-12)10-13-7-6-8-14(19)9-13/h6-9,11,16H,10H2,1-5H3. The lowest BCUT2D eigenvalue weighted by molar-refractivity contribution is -0.0899. The van der Waals surface area contributed by atoms with Gasteiger partial charge in [0, 0.05) is 11.8 Å². The van der Waals surface area contributed by atoms with Crippen LogP contribution in [0.15, 0.2) is 30.5 Å². The lowest BCUT2D eigenvalue weighted by Crippen LogP contribution is -2.41. The van der Waals surface area contributed by atoms with Gasteiger partial charge in [-0.2, -0.15) is 5.10 Å². The molecule has 3 rings (SSSR count). The maximum atomic E-state index is 13.3. The number of aryl methyl sites for hydroxylation is 1. The largest absolute Gasteiger partial charge is 0.339 e. The van der Waals surface area contributed by atoms with E-state index in [4.69, 9.17) is 9.47 Å². The van der Waals surface area contributed by atoms with Gasteiger partial charge in [0.1, 0.15) is 5.82 Å². The molecule has 1 aromatic heterocycles. The van der Waals surface area contributed by atoms with Crippen molar-refractivity contribution in [2.75, 3.05) is 0 Å². The molecule has 0 spiro atoms. The fraction of sp³-hybridized carbons (Fsp3) is 0.500. The molecule has 0 aliphatic carbocycles. The first-order chi connectivity index (χ1) is 10.7. The van der Waals surface area contributed by atoms with Crippen LogP contribution in [-0.4, -0.2) is 21.0 Å². The Balaban J connectivity index is 1.82. The van der Waals surface area contributed by atoms with E-state index in [1.807, 2.05) is 46.9 Å². The number of ether oxygens (including phenoxy) is 2. The summed E-state index contributed by atoms with van der Waals surface area (Å²) in [4.78, 5) is 0. The molecule has 2 heterocycles. The van der Waals surface area contributed by atoms with Gasteiger partial charge in [-0.15, -0.1) is 0 Å². The van der Waals surface area contributed by atoms with Crippen molar-refractivity contribution in [3.8, 4) is 0 Å². The fourth-order valence-electron chi connectivity index (χ4n) is 2.64. The molecule has 2 aromatic rings. The number of halogens is 1. The van der Waals surface area contributed by atoms with Crippen molar-refractivity contribution in [1.29, 1.82) is 0 Å². The Labute approximate surface area is 136 Å². The van der Waals surface area contributed by atoms with Gasteiger partial charge in [0.15, 0.2) is 6.29 Å². The highest BCUT2D eigenvalue weighted by atomic mass is 19.1. The van der Waals surface area contributed by atoms with Crippen LogP contribution in [0.3, 0.4) is 0 Å². The van der Waals surface area contributed by atoms with Crippen LogP contribution in [0, 0.1) is 12.7 Å². The van der Waals surface area contributed by atoms with Gasteiger partial charge >= 0.3 is 0 Å². The second-order valence-electron chi connectivity index (χ2n) is 7.09. The third kappa shape index (κ3) is 3.03. The molecule has 0 N–H and O–H groups in total. The molecule has 0 amide bonds. The van der Waals surface area contributed by atoms with Gasteiger partial charge < -0.3 is 9.47 Å². The third-order valence-electron chi connectivity index (χ3n) is 4.73. The van der Waals surface area contributed by atoms with Gasteiger partial charge in [-0.3, -0.25) is 4.68 Å². The van der Waals surface area contributed by atoms with Crippen molar-refractivity contribution in [2.24, 2.45) is 0 Å². The highest BCUT2D eigenvalue weighted by Gasteiger charge is 2.50. The van der Waals surface area contributed by atoms with E-state index >= 15 is 0 Å². The molecule has 0 atom stereocenters. The zero-order valence-electron chi connectivity index (χ0n) is 14.3. The molecular weight excluding hydrogens is 295 g/mol. The van der Waals surface area contributed by atoms with Gasteiger partial charge in [0.2, 0.25) is 0 Å². The van der Waals surface area contributed by atoms with Crippen LogP contribution in [-0.2, 0) is 16.0 Å². The lowest BCUT2D eigenvalue weighted by atomic mass is 9.90. The Morgan fingerprint density at radius 3 is 2.43 bits per heavy atom. The van der Waals surface area contributed by atoms with Crippen LogP contribution in [0.1, 0.15) is 50.8 Å². The molecule has 1 saturated heterocycles. The van der Waals surface area contributed by atoms with Crippen LogP contribution < -0.4 is 0 Å². The van der Waals surface area contributed by atoms with E-state index < -0.39 is 6.29 Å². The predicted octanol–water partition coefficient (Wildman–Crippen LogP) is 3.98. The number of benzene rings is 1. The molecule has 0 saturated carbocycles. The van der Waals surface area contributed by atoms with Gasteiger partial charge in [-0.05, 0) is 52.3 Å². The summed E-state index contributed by atoms with van der Waals surface area (Å²) in [6, 6.07) is 6.55. The van der Waals surface area contributed by atoms with Gasteiger partial charge in [0.25, 0.3) is 0 Å². The summed E-state index contributed by atoms with van der Waals surface area (Å²) >= 11 is 0. The summed E-state index contributed by atoms with van der Waals surface area (Å²) in [7, 11) is 0. The average molecular weight is 318 g/mol. The first-order valence-electron chi connectivity index (χ1n) is 7.82. The summed E-state index contributed by atoms with van der Waals surface area (Å²) < 4.78 is 27.3. The van der Waals surface area contributed by atoms with Crippen molar-refractivity contribution in [1.82, 2.24) is 9.78 Å². The summed E-state index contributed by atoms with van der Waals surface area (Å²) in [5.41, 5.74) is 1.89. The first kappa shape index (κ1) is 16.1. The van der Waals surface area contributed by atoms with E-state index in [9.17, 15) is 4.39 Å². The normalized spacial score (nSPS) is 20.1. The quantitative estimate of drug-likeness (QED) is 0.859. The Morgan fingerprint density at radius 2 is 1.83 bits per heavy atom. The molecule has 23 heavy (non-hydrogen) atoms. The second-order valence-corrected chi connectivity index (χ2v) is 7.09. The second kappa shape index (κ2) is 5.42. The van der Waals surface area contributed by atoms with Crippen molar-refractivity contribution >= 4 is 0 Å². The minimum absolute atomic E-state index is 0.238. The lowest BCUT2D eigenvalue weighted by Gasteiger charge is -2.30. The van der Waals surface area contributed by atoms with Crippen molar-refractivity contribution in [3.63, 3.8) is 0 Å². The SMILES string of the molecule is Cc1nn(Cc2cccc(F)c2)cc1C1OC(C)(C)C(C)(C)O1. The third-order valence-corrected chi connectivity index (χ3v) is 4.73. The van der Waals surface area contributed by atoms with Gasteiger partial charge in [-0.1, -0.05) is 12.1 Å². The molecule has 124 valence electrons. The highest BCUT2D eigenvalue weighted by Crippen LogP contribution is 2.45. The molecule has 5 heteroatoms. The number of hydrogen-bond acceptors (Lipinski definition) is 3. The van der Waals surface area contributed by atoms with Crippen LogP contribution in [0.4, 0.5) is 4.39 Å². The van der Waals surface area contributed by atoms with Gasteiger partial charge in [0.05, 0.1) is 23.4 Å². The summed E-state index contributed by atoms with van der Waals surface area (Å²) in [6.45, 7) is 10.6. The maximum absolute atomic E-state index is 13.3. The number of aromatic nitrogens is 2. The van der Waals surface area contributed by atoms with Crippen LogP contribution in [0.25, 0.3) is 0 Å². The zero-order chi connectivity index (χ0) is 16.8. The minimum Gasteiger partial charge on any atom is -0.339 e. The highest BCUT2D eigenvalue weighted by molar-refractivity contribution is 5.21. The molecule has 1 aromatic carbocycles. The van der Waals surface area contributed by atoms with E-state index in [0.29, 0.717) is 6.54 Å². The summed E-state index contributed by atoms with van der Waals surface area (Å²) in [5, 5.41) is 4.51. The van der Waals surface area contributed by atoms with Crippen molar-refractivity contribution < 1.29 is 13.9 Å². The van der Waals surface area contributed by atoms with Crippen molar-refractivity contribution in [3.05, 3.63) is 53.1 Å². The minimum atomic E-state index is -0.429. The average Bonchev–Trinajstić information content (AvgIpc) is 2.87. The molecule has 0 bridgehead atoms. The van der Waals surface area contributed by atoms with Crippen LogP contribution in [0.5, 0.6) is 0 Å². The van der Waals surface area contributed by atoms with Crippen molar-refractivity contribution in [2.45, 2.75) is 58.7 Å².